The number of para-hydroxylation sites is 1. The minimum atomic E-state index is -0.422. The lowest BCUT2D eigenvalue weighted by Crippen LogP contribution is -2.40. The first-order valence-electron chi connectivity index (χ1n) is 10.6. The molecule has 0 fully saturated rings. The predicted molar refractivity (Wildman–Crippen MR) is 132 cm³/mol. The molecule has 3 aromatic carbocycles. The zero-order chi connectivity index (χ0) is 22.9. The molecule has 2 N–H and O–H groups in total. The third-order valence-corrected chi connectivity index (χ3v) is 7.30. The normalized spacial score (nSPS) is 16.6. The fourth-order valence-corrected chi connectivity index (χ4v) is 5.50. The van der Waals surface area contributed by atoms with E-state index in [4.69, 9.17) is 11.6 Å². The van der Waals surface area contributed by atoms with Gasteiger partial charge in [0.15, 0.2) is 0 Å². The van der Waals surface area contributed by atoms with Crippen molar-refractivity contribution < 1.29 is 14.0 Å². The van der Waals surface area contributed by atoms with Crippen LogP contribution in [0.2, 0.25) is 5.02 Å². The van der Waals surface area contributed by atoms with E-state index >= 15 is 0 Å². The maximum absolute atomic E-state index is 13.2. The summed E-state index contributed by atoms with van der Waals surface area (Å²) in [6.07, 6.45) is 0.841. The molecule has 8 heteroatoms. The van der Waals surface area contributed by atoms with Gasteiger partial charge in [0.25, 0.3) is 5.91 Å². The van der Waals surface area contributed by atoms with Crippen molar-refractivity contribution in [2.75, 3.05) is 27.8 Å². The number of carbonyl (C=O) groups is 2. The molecule has 1 unspecified atom stereocenters. The summed E-state index contributed by atoms with van der Waals surface area (Å²) >= 11 is 7.62. The lowest BCUT2D eigenvalue weighted by atomic mass is 10.1. The van der Waals surface area contributed by atoms with Crippen LogP contribution in [0.4, 0.5) is 21.5 Å². The highest BCUT2D eigenvalue weighted by atomic mass is 35.5. The molecule has 5 nitrogen and oxygen atoms in total. The predicted octanol–water partition coefficient (Wildman–Crippen LogP) is 5.35. The lowest BCUT2D eigenvalue weighted by Gasteiger charge is -2.27. The molecule has 2 heterocycles. The monoisotopic (exact) mass is 481 g/mol. The molecular formula is C25H21ClFN3O2S. The number of nitrogens with one attached hydrogen (secondary N) is 2. The molecule has 2 amide bonds. The van der Waals surface area contributed by atoms with Gasteiger partial charge in [-0.1, -0.05) is 35.9 Å². The third kappa shape index (κ3) is 4.43. The summed E-state index contributed by atoms with van der Waals surface area (Å²) in [4.78, 5) is 27.6. The molecule has 0 aromatic heterocycles. The highest BCUT2D eigenvalue weighted by Crippen LogP contribution is 2.33. The first-order valence-corrected chi connectivity index (χ1v) is 12.2. The first kappa shape index (κ1) is 21.8. The van der Waals surface area contributed by atoms with Crippen LogP contribution in [0.15, 0.2) is 60.7 Å². The Labute approximate surface area is 200 Å². The maximum Gasteiger partial charge on any atom is 0.258 e. The van der Waals surface area contributed by atoms with Gasteiger partial charge < -0.3 is 15.5 Å². The summed E-state index contributed by atoms with van der Waals surface area (Å²) in [5.41, 5.74) is 4.85. The SMILES string of the molecule is O=C1Nc2cc(C(=O)N3CCc4ccccc43)ccc2NC1CSCc1ccc(F)cc1Cl. The van der Waals surface area contributed by atoms with Crippen molar-refractivity contribution >= 4 is 52.2 Å². The Balaban J connectivity index is 1.25. The molecule has 0 saturated carbocycles. The Morgan fingerprint density at radius 1 is 1.12 bits per heavy atom. The second-order valence-electron chi connectivity index (χ2n) is 8.03. The van der Waals surface area contributed by atoms with Crippen LogP contribution in [0.1, 0.15) is 21.5 Å². The van der Waals surface area contributed by atoms with Crippen molar-refractivity contribution in [1.82, 2.24) is 0 Å². The van der Waals surface area contributed by atoms with Crippen molar-refractivity contribution in [2.45, 2.75) is 18.2 Å². The number of halogens is 2. The quantitative estimate of drug-likeness (QED) is 0.516. The summed E-state index contributed by atoms with van der Waals surface area (Å²) in [5.74, 6) is 0.486. The van der Waals surface area contributed by atoms with E-state index in [0.29, 0.717) is 34.3 Å². The minimum Gasteiger partial charge on any atom is -0.371 e. The molecule has 2 aliphatic rings. The number of thioether (sulfide) groups is 1. The van der Waals surface area contributed by atoms with Crippen LogP contribution in [0, 0.1) is 5.82 Å². The molecule has 5 rings (SSSR count). The van der Waals surface area contributed by atoms with E-state index in [-0.39, 0.29) is 17.6 Å². The van der Waals surface area contributed by atoms with Gasteiger partial charge in [0.1, 0.15) is 11.9 Å². The van der Waals surface area contributed by atoms with Crippen LogP contribution >= 0.6 is 23.4 Å². The topological polar surface area (TPSA) is 61.4 Å². The highest BCUT2D eigenvalue weighted by Gasteiger charge is 2.29. The number of nitrogens with zero attached hydrogens (tertiary/aromatic N) is 1. The Morgan fingerprint density at radius 3 is 2.82 bits per heavy atom. The number of hydrogen-bond donors (Lipinski definition) is 2. The van der Waals surface area contributed by atoms with E-state index in [1.165, 1.54) is 29.5 Å². The van der Waals surface area contributed by atoms with Crippen molar-refractivity contribution in [2.24, 2.45) is 0 Å². The number of amides is 2. The van der Waals surface area contributed by atoms with Gasteiger partial charge in [-0.2, -0.15) is 11.8 Å². The largest absolute Gasteiger partial charge is 0.371 e. The molecule has 33 heavy (non-hydrogen) atoms. The van der Waals surface area contributed by atoms with Gasteiger partial charge in [0.2, 0.25) is 5.91 Å². The maximum atomic E-state index is 13.2. The van der Waals surface area contributed by atoms with Crippen LogP contribution in [0.3, 0.4) is 0 Å². The zero-order valence-electron chi connectivity index (χ0n) is 17.6. The smallest absolute Gasteiger partial charge is 0.258 e. The lowest BCUT2D eigenvalue weighted by molar-refractivity contribution is -0.116. The molecule has 2 aliphatic heterocycles. The van der Waals surface area contributed by atoms with E-state index in [2.05, 4.69) is 10.6 Å². The summed E-state index contributed by atoms with van der Waals surface area (Å²) in [6, 6.07) is 17.2. The second kappa shape index (κ2) is 9.08. The van der Waals surface area contributed by atoms with E-state index in [9.17, 15) is 14.0 Å². The summed E-state index contributed by atoms with van der Waals surface area (Å²) in [5, 5.41) is 6.56. The minimum absolute atomic E-state index is 0.0779. The average Bonchev–Trinajstić information content (AvgIpc) is 3.24. The van der Waals surface area contributed by atoms with Crippen LogP contribution in [0.25, 0.3) is 0 Å². The summed E-state index contributed by atoms with van der Waals surface area (Å²) < 4.78 is 13.2. The van der Waals surface area contributed by atoms with Crippen molar-refractivity contribution in [3.8, 4) is 0 Å². The second-order valence-corrected chi connectivity index (χ2v) is 9.47. The number of rotatable bonds is 5. The molecule has 0 radical (unpaired) electrons. The van der Waals surface area contributed by atoms with Gasteiger partial charge in [-0.25, -0.2) is 4.39 Å². The number of hydrogen-bond acceptors (Lipinski definition) is 4. The van der Waals surface area contributed by atoms with Crippen LogP contribution in [-0.4, -0.2) is 30.2 Å². The fraction of sp³-hybridized carbons (Fsp3) is 0.200. The van der Waals surface area contributed by atoms with Gasteiger partial charge in [-0.05, 0) is 53.9 Å². The molecule has 0 saturated heterocycles. The van der Waals surface area contributed by atoms with Crippen LogP contribution < -0.4 is 15.5 Å². The number of anilines is 3. The fourth-order valence-electron chi connectivity index (χ4n) is 4.13. The van der Waals surface area contributed by atoms with E-state index in [0.717, 1.165) is 23.4 Å². The Morgan fingerprint density at radius 2 is 1.97 bits per heavy atom. The molecule has 0 aliphatic carbocycles. The average molecular weight is 482 g/mol. The Bertz CT molecular complexity index is 1250. The molecular weight excluding hydrogens is 461 g/mol. The van der Waals surface area contributed by atoms with Crippen molar-refractivity contribution in [3.05, 3.63) is 88.2 Å². The van der Waals surface area contributed by atoms with Gasteiger partial charge in [-0.15, -0.1) is 0 Å². The molecule has 0 spiro atoms. The van der Waals surface area contributed by atoms with Crippen molar-refractivity contribution in [1.29, 1.82) is 0 Å². The standard InChI is InChI=1S/C25H21ClFN3O2S/c26-19-12-18(27)7-5-17(19)13-33-14-22-24(31)29-21-11-16(6-8-20(21)28-22)25(32)30-10-9-15-3-1-2-4-23(15)30/h1-8,11-12,22,28H,9-10,13-14H2,(H,29,31). The Kier molecular flexibility index (Phi) is 6.00. The third-order valence-electron chi connectivity index (χ3n) is 5.86. The first-order chi connectivity index (χ1) is 16.0. The molecule has 3 aromatic rings. The van der Waals surface area contributed by atoms with Gasteiger partial charge in [-0.3, -0.25) is 9.59 Å². The molecule has 0 bridgehead atoms. The van der Waals surface area contributed by atoms with Gasteiger partial charge >= 0.3 is 0 Å². The van der Waals surface area contributed by atoms with Crippen LogP contribution in [-0.2, 0) is 17.0 Å². The van der Waals surface area contributed by atoms with Crippen molar-refractivity contribution in [3.63, 3.8) is 0 Å². The van der Waals surface area contributed by atoms with Gasteiger partial charge in [0, 0.05) is 34.3 Å². The summed E-state index contributed by atoms with van der Waals surface area (Å²) in [7, 11) is 0. The molecule has 1 atom stereocenters. The zero-order valence-corrected chi connectivity index (χ0v) is 19.2. The van der Waals surface area contributed by atoms with Gasteiger partial charge in [0.05, 0.1) is 11.4 Å². The number of carbonyl (C=O) groups excluding carboxylic acids is 2. The molecule has 168 valence electrons. The Hall–Kier alpha value is -3.03. The number of fused-ring (bicyclic) bond motifs is 2. The summed E-state index contributed by atoms with van der Waals surface area (Å²) in [6.45, 7) is 0.650. The highest BCUT2D eigenvalue weighted by molar-refractivity contribution is 7.98. The van der Waals surface area contributed by atoms with E-state index in [1.54, 1.807) is 23.1 Å². The van der Waals surface area contributed by atoms with Crippen LogP contribution in [0.5, 0.6) is 0 Å². The van der Waals surface area contributed by atoms with E-state index < -0.39 is 6.04 Å². The van der Waals surface area contributed by atoms with E-state index in [1.807, 2.05) is 30.3 Å². The number of benzene rings is 3.